The zero-order valence-corrected chi connectivity index (χ0v) is 16.2. The molecule has 0 aliphatic carbocycles. The number of rotatable bonds is 7. The normalized spacial score (nSPS) is 22.1. The summed E-state index contributed by atoms with van der Waals surface area (Å²) in [5.74, 6) is 0.849. The van der Waals surface area contributed by atoms with Crippen molar-refractivity contribution in [1.29, 1.82) is 0 Å². The molecule has 2 amide bonds. The molecule has 2 saturated heterocycles. The Balaban J connectivity index is 1.26. The summed E-state index contributed by atoms with van der Waals surface area (Å²) in [5, 5.41) is 6.48. The van der Waals surface area contributed by atoms with E-state index in [1.807, 2.05) is 24.3 Å². The summed E-state index contributed by atoms with van der Waals surface area (Å²) >= 11 is 0. The van der Waals surface area contributed by atoms with E-state index in [0.717, 1.165) is 42.7 Å². The van der Waals surface area contributed by atoms with Crippen molar-refractivity contribution in [3.8, 4) is 0 Å². The maximum Gasteiger partial charge on any atom is 0.242 e. The summed E-state index contributed by atoms with van der Waals surface area (Å²) in [6, 6.07) is 8.06. The third-order valence-corrected chi connectivity index (χ3v) is 5.84. The largest absolute Gasteiger partial charge is 0.354 e. The molecule has 0 bridgehead atoms. The number of nitrogens with one attached hydrogen (secondary N) is 3. The second kappa shape index (κ2) is 8.73. The van der Waals surface area contributed by atoms with Crippen molar-refractivity contribution in [2.45, 2.75) is 57.0 Å². The van der Waals surface area contributed by atoms with Crippen LogP contribution in [0.25, 0.3) is 11.0 Å². The number of nitrogens with zero attached hydrogens (tertiary/aromatic N) is 2. The third kappa shape index (κ3) is 4.35. The van der Waals surface area contributed by atoms with E-state index in [0.29, 0.717) is 32.0 Å². The predicted molar refractivity (Wildman–Crippen MR) is 108 cm³/mol. The molecule has 2 atom stereocenters. The van der Waals surface area contributed by atoms with Crippen LogP contribution in [-0.2, 0) is 16.0 Å². The number of aromatic amines is 1. The molecule has 1 aromatic carbocycles. The Labute approximate surface area is 165 Å². The highest BCUT2D eigenvalue weighted by molar-refractivity contribution is 5.88. The molecule has 2 aliphatic rings. The van der Waals surface area contributed by atoms with Crippen molar-refractivity contribution < 1.29 is 9.59 Å². The number of hydrogen-bond donors (Lipinski definition) is 3. The summed E-state index contributed by atoms with van der Waals surface area (Å²) in [7, 11) is 0. The van der Waals surface area contributed by atoms with Crippen LogP contribution >= 0.6 is 0 Å². The second-order valence-electron chi connectivity index (χ2n) is 7.82. The Kier molecular flexibility index (Phi) is 5.90. The van der Waals surface area contributed by atoms with E-state index in [1.165, 1.54) is 12.8 Å². The number of amides is 2. The highest BCUT2D eigenvalue weighted by Gasteiger charge is 2.33. The van der Waals surface area contributed by atoms with Gasteiger partial charge in [0.05, 0.1) is 11.0 Å². The zero-order valence-electron chi connectivity index (χ0n) is 16.2. The van der Waals surface area contributed by atoms with Gasteiger partial charge >= 0.3 is 0 Å². The minimum atomic E-state index is -0.320. The Morgan fingerprint density at radius 3 is 2.93 bits per heavy atom. The van der Waals surface area contributed by atoms with Gasteiger partial charge in [0.15, 0.2) is 0 Å². The fourth-order valence-corrected chi connectivity index (χ4v) is 4.32. The van der Waals surface area contributed by atoms with Gasteiger partial charge in [0.1, 0.15) is 11.9 Å². The number of fused-ring (bicyclic) bond motifs is 1. The van der Waals surface area contributed by atoms with Gasteiger partial charge < -0.3 is 20.5 Å². The molecule has 7 nitrogen and oxygen atoms in total. The lowest BCUT2D eigenvalue weighted by Gasteiger charge is -2.24. The van der Waals surface area contributed by atoms with Crippen molar-refractivity contribution in [1.82, 2.24) is 25.5 Å². The molecule has 7 heteroatoms. The van der Waals surface area contributed by atoms with E-state index in [2.05, 4.69) is 20.6 Å². The molecular formula is C21H29N5O2. The standard InChI is InChI=1S/C21H29N5O2/c27-20(10-9-19-24-16-6-1-2-7-17(16)25-19)26-14-4-8-18(26)21(28)23-13-11-15-5-3-12-22-15/h1-2,6-7,15,18,22H,3-5,8-14H2,(H,23,28)(H,24,25)/t15?,18-/m0/s1. The number of benzene rings is 1. The molecule has 3 N–H and O–H groups in total. The van der Waals surface area contributed by atoms with Gasteiger partial charge in [0, 0.05) is 32.0 Å². The molecule has 2 aromatic rings. The number of carbonyl (C=O) groups is 2. The highest BCUT2D eigenvalue weighted by Crippen LogP contribution is 2.20. The van der Waals surface area contributed by atoms with Gasteiger partial charge in [-0.2, -0.15) is 0 Å². The molecule has 0 spiro atoms. The number of para-hydroxylation sites is 2. The van der Waals surface area contributed by atoms with Crippen LogP contribution < -0.4 is 10.6 Å². The van der Waals surface area contributed by atoms with Crippen LogP contribution in [0.4, 0.5) is 0 Å². The third-order valence-electron chi connectivity index (χ3n) is 5.84. The smallest absolute Gasteiger partial charge is 0.242 e. The van der Waals surface area contributed by atoms with Gasteiger partial charge in [-0.1, -0.05) is 12.1 Å². The van der Waals surface area contributed by atoms with Crippen LogP contribution in [-0.4, -0.2) is 58.4 Å². The average Bonchev–Trinajstić information content (AvgIpc) is 3.45. The van der Waals surface area contributed by atoms with Gasteiger partial charge in [-0.25, -0.2) is 4.98 Å². The quantitative estimate of drug-likeness (QED) is 0.679. The predicted octanol–water partition coefficient (Wildman–Crippen LogP) is 1.74. The van der Waals surface area contributed by atoms with Crippen LogP contribution in [0.1, 0.15) is 44.3 Å². The summed E-state index contributed by atoms with van der Waals surface area (Å²) < 4.78 is 0. The van der Waals surface area contributed by atoms with Crippen molar-refractivity contribution >= 4 is 22.8 Å². The molecule has 4 rings (SSSR count). The minimum Gasteiger partial charge on any atom is -0.354 e. The SMILES string of the molecule is O=C(NCCC1CCCN1)[C@@H]1CCCN1C(=O)CCc1nc2ccccc2[nH]1. The first-order valence-electron chi connectivity index (χ1n) is 10.4. The molecule has 2 fully saturated rings. The van der Waals surface area contributed by atoms with E-state index in [1.54, 1.807) is 4.90 Å². The van der Waals surface area contributed by atoms with Gasteiger partial charge in [0.25, 0.3) is 0 Å². The first-order chi connectivity index (χ1) is 13.7. The number of aryl methyl sites for hydroxylation is 1. The molecular weight excluding hydrogens is 354 g/mol. The lowest BCUT2D eigenvalue weighted by Crippen LogP contribution is -2.46. The molecule has 1 unspecified atom stereocenters. The number of aromatic nitrogens is 2. The fourth-order valence-electron chi connectivity index (χ4n) is 4.32. The van der Waals surface area contributed by atoms with E-state index in [4.69, 9.17) is 0 Å². The molecule has 3 heterocycles. The average molecular weight is 383 g/mol. The Bertz CT molecular complexity index is 794. The summed E-state index contributed by atoms with van der Waals surface area (Å²) in [6.07, 6.45) is 5.93. The maximum absolute atomic E-state index is 12.7. The monoisotopic (exact) mass is 383 g/mol. The lowest BCUT2D eigenvalue weighted by atomic mass is 10.1. The zero-order chi connectivity index (χ0) is 19.3. The van der Waals surface area contributed by atoms with Crippen LogP contribution in [0.15, 0.2) is 24.3 Å². The number of imidazole rings is 1. The molecule has 150 valence electrons. The first kappa shape index (κ1) is 18.9. The fraction of sp³-hybridized carbons (Fsp3) is 0.571. The van der Waals surface area contributed by atoms with E-state index in [-0.39, 0.29) is 17.9 Å². The van der Waals surface area contributed by atoms with Gasteiger partial charge in [-0.3, -0.25) is 9.59 Å². The molecule has 0 radical (unpaired) electrons. The van der Waals surface area contributed by atoms with Crippen molar-refractivity contribution in [2.75, 3.05) is 19.6 Å². The Hall–Kier alpha value is -2.41. The first-order valence-corrected chi connectivity index (χ1v) is 10.4. The Morgan fingerprint density at radius 2 is 2.11 bits per heavy atom. The number of H-pyrrole nitrogens is 1. The number of carbonyl (C=O) groups excluding carboxylic acids is 2. The van der Waals surface area contributed by atoms with Gasteiger partial charge in [0.2, 0.25) is 11.8 Å². The van der Waals surface area contributed by atoms with Crippen molar-refractivity contribution in [2.24, 2.45) is 0 Å². The topological polar surface area (TPSA) is 90.1 Å². The summed E-state index contributed by atoms with van der Waals surface area (Å²) in [5.41, 5.74) is 1.90. The van der Waals surface area contributed by atoms with Gasteiger partial charge in [-0.15, -0.1) is 0 Å². The lowest BCUT2D eigenvalue weighted by molar-refractivity contribution is -0.138. The molecule has 0 saturated carbocycles. The molecule has 28 heavy (non-hydrogen) atoms. The minimum absolute atomic E-state index is 0.00687. The highest BCUT2D eigenvalue weighted by atomic mass is 16.2. The van der Waals surface area contributed by atoms with Crippen LogP contribution in [0.5, 0.6) is 0 Å². The summed E-state index contributed by atoms with van der Waals surface area (Å²) in [6.45, 7) is 2.42. The number of hydrogen-bond acceptors (Lipinski definition) is 4. The molecule has 1 aromatic heterocycles. The van der Waals surface area contributed by atoms with E-state index < -0.39 is 0 Å². The number of likely N-dealkylation sites (tertiary alicyclic amines) is 1. The van der Waals surface area contributed by atoms with Gasteiger partial charge in [-0.05, 0) is 50.8 Å². The second-order valence-corrected chi connectivity index (χ2v) is 7.82. The molecule has 2 aliphatic heterocycles. The maximum atomic E-state index is 12.7. The Morgan fingerprint density at radius 1 is 1.21 bits per heavy atom. The van der Waals surface area contributed by atoms with E-state index in [9.17, 15) is 9.59 Å². The van der Waals surface area contributed by atoms with Crippen LogP contribution in [0, 0.1) is 0 Å². The van der Waals surface area contributed by atoms with Crippen LogP contribution in [0.3, 0.4) is 0 Å². The van der Waals surface area contributed by atoms with Crippen molar-refractivity contribution in [3.05, 3.63) is 30.1 Å². The summed E-state index contributed by atoms with van der Waals surface area (Å²) in [4.78, 5) is 34.9. The van der Waals surface area contributed by atoms with E-state index >= 15 is 0 Å². The van der Waals surface area contributed by atoms with Crippen LogP contribution in [0.2, 0.25) is 0 Å². The van der Waals surface area contributed by atoms with Crippen molar-refractivity contribution in [3.63, 3.8) is 0 Å².